The van der Waals surface area contributed by atoms with Gasteiger partial charge in [0.1, 0.15) is 5.44 Å². The van der Waals surface area contributed by atoms with Crippen LogP contribution in [-0.2, 0) is 4.57 Å². The molecule has 0 radical (unpaired) electrons. The quantitative estimate of drug-likeness (QED) is 0.670. The number of aromatic nitrogens is 1. The van der Waals surface area contributed by atoms with Crippen molar-refractivity contribution in [1.82, 2.24) is 4.98 Å². The van der Waals surface area contributed by atoms with Crippen LogP contribution >= 0.6 is 18.9 Å². The maximum absolute atomic E-state index is 12.8. The van der Waals surface area contributed by atoms with E-state index in [0.717, 1.165) is 20.5 Å². The number of hydrogen-bond acceptors (Lipinski definition) is 3. The highest BCUT2D eigenvalue weighted by Gasteiger charge is 2.32. The van der Waals surface area contributed by atoms with Crippen molar-refractivity contribution in [2.45, 2.75) is 9.79 Å². The lowest BCUT2D eigenvalue weighted by atomic mass is 10.4. The average molecular weight is 247 g/mol. The predicted molar refractivity (Wildman–Crippen MR) is 67.6 cm³/mol. The first-order valence-corrected chi connectivity index (χ1v) is 7.97. The lowest BCUT2D eigenvalue weighted by Gasteiger charge is -2.23. The van der Waals surface area contributed by atoms with Crippen molar-refractivity contribution < 1.29 is 4.57 Å². The van der Waals surface area contributed by atoms with Crippen LogP contribution in [0.2, 0.25) is 0 Å². The monoisotopic (exact) mass is 247 g/mol. The number of fused-ring (bicyclic) bond motifs is 2. The van der Waals surface area contributed by atoms with Gasteiger partial charge >= 0.3 is 0 Å². The second-order valence-electron chi connectivity index (χ2n) is 3.82. The maximum Gasteiger partial charge on any atom is 0.160 e. The summed E-state index contributed by atoms with van der Waals surface area (Å²) in [5.41, 5.74) is 0.749. The molecule has 80 valence electrons. The minimum Gasteiger partial charge on any atom is -0.312 e. The molecule has 0 saturated heterocycles. The second-order valence-corrected chi connectivity index (χ2v) is 7.66. The van der Waals surface area contributed by atoms with E-state index in [0.29, 0.717) is 0 Å². The van der Waals surface area contributed by atoms with Crippen LogP contribution in [0.25, 0.3) is 0 Å². The third-order valence-corrected chi connectivity index (χ3v) is 6.60. The van der Waals surface area contributed by atoms with E-state index >= 15 is 0 Å². The topological polar surface area (TPSA) is 30.0 Å². The third kappa shape index (κ3) is 1.35. The molecule has 2 nitrogen and oxygen atoms in total. The SMILES string of the molecule is CP1(=O)c2ccccc2Sc2cccnc21. The summed E-state index contributed by atoms with van der Waals surface area (Å²) in [5, 5.41) is 0.936. The van der Waals surface area contributed by atoms with E-state index in [4.69, 9.17) is 0 Å². The van der Waals surface area contributed by atoms with Gasteiger partial charge in [0, 0.05) is 21.3 Å². The Hall–Kier alpha value is -1.05. The van der Waals surface area contributed by atoms with Gasteiger partial charge in [-0.3, -0.25) is 4.98 Å². The Morgan fingerprint density at radius 1 is 1.12 bits per heavy atom. The van der Waals surface area contributed by atoms with Gasteiger partial charge in [0.15, 0.2) is 7.14 Å². The van der Waals surface area contributed by atoms with E-state index in [1.54, 1.807) is 24.6 Å². The minimum absolute atomic E-state index is 0.749. The third-order valence-electron chi connectivity index (χ3n) is 2.70. The van der Waals surface area contributed by atoms with Crippen molar-refractivity contribution in [3.05, 3.63) is 42.6 Å². The molecule has 0 amide bonds. The van der Waals surface area contributed by atoms with E-state index in [1.807, 2.05) is 36.4 Å². The molecule has 0 spiro atoms. The molecule has 1 aromatic carbocycles. The Morgan fingerprint density at radius 2 is 1.88 bits per heavy atom. The van der Waals surface area contributed by atoms with Crippen molar-refractivity contribution >= 4 is 29.6 Å². The van der Waals surface area contributed by atoms with Crippen LogP contribution in [0.4, 0.5) is 0 Å². The van der Waals surface area contributed by atoms with Crippen molar-refractivity contribution in [3.63, 3.8) is 0 Å². The first-order chi connectivity index (χ1) is 7.69. The van der Waals surface area contributed by atoms with Crippen molar-refractivity contribution in [2.24, 2.45) is 0 Å². The lowest BCUT2D eigenvalue weighted by Crippen LogP contribution is -2.24. The van der Waals surface area contributed by atoms with Crippen LogP contribution in [0.1, 0.15) is 0 Å². The van der Waals surface area contributed by atoms with Gasteiger partial charge in [0.05, 0.1) is 0 Å². The van der Waals surface area contributed by atoms with Gasteiger partial charge in [-0.2, -0.15) is 0 Å². The van der Waals surface area contributed by atoms with Gasteiger partial charge in [-0.25, -0.2) is 0 Å². The highest BCUT2D eigenvalue weighted by atomic mass is 32.2. The van der Waals surface area contributed by atoms with Gasteiger partial charge in [-0.15, -0.1) is 0 Å². The lowest BCUT2D eigenvalue weighted by molar-refractivity contribution is 0.589. The number of benzene rings is 1. The molecule has 0 N–H and O–H groups in total. The maximum atomic E-state index is 12.8. The molecule has 1 aromatic heterocycles. The molecule has 0 saturated carbocycles. The van der Waals surface area contributed by atoms with E-state index in [2.05, 4.69) is 4.98 Å². The first kappa shape index (κ1) is 10.1. The van der Waals surface area contributed by atoms with Crippen molar-refractivity contribution in [1.29, 1.82) is 0 Å². The zero-order chi connectivity index (χ0) is 11.2. The summed E-state index contributed by atoms with van der Waals surface area (Å²) in [6.07, 6.45) is 1.71. The summed E-state index contributed by atoms with van der Waals surface area (Å²) in [6.45, 7) is 1.80. The molecule has 1 unspecified atom stereocenters. The average Bonchev–Trinajstić information content (AvgIpc) is 2.29. The van der Waals surface area contributed by atoms with Gasteiger partial charge in [-0.05, 0) is 30.9 Å². The van der Waals surface area contributed by atoms with Gasteiger partial charge in [0.2, 0.25) is 0 Å². The normalized spacial score (nSPS) is 22.3. The highest BCUT2D eigenvalue weighted by Crippen LogP contribution is 2.48. The zero-order valence-corrected chi connectivity index (χ0v) is 10.5. The van der Waals surface area contributed by atoms with Gasteiger partial charge < -0.3 is 4.57 Å². The van der Waals surface area contributed by atoms with E-state index < -0.39 is 7.14 Å². The number of rotatable bonds is 0. The Bertz CT molecular complexity index is 562. The number of pyridine rings is 1. The molecule has 1 aliphatic rings. The van der Waals surface area contributed by atoms with Crippen molar-refractivity contribution in [3.8, 4) is 0 Å². The summed E-state index contributed by atoms with van der Waals surface area (Å²) < 4.78 is 12.8. The molecule has 0 aliphatic carbocycles. The fourth-order valence-electron chi connectivity index (χ4n) is 1.91. The predicted octanol–water partition coefficient (Wildman–Crippen LogP) is 2.49. The zero-order valence-electron chi connectivity index (χ0n) is 8.75. The molecule has 2 aromatic rings. The molecule has 2 heterocycles. The standard InChI is InChI=1S/C12H10NOPS/c1-15(14)9-5-2-3-6-10(9)16-11-7-4-8-13-12(11)15/h2-8H,1H3. The Morgan fingerprint density at radius 3 is 2.75 bits per heavy atom. The summed E-state index contributed by atoms with van der Waals surface area (Å²) in [7, 11) is -2.50. The molecule has 0 bridgehead atoms. The van der Waals surface area contributed by atoms with E-state index in [9.17, 15) is 4.57 Å². The van der Waals surface area contributed by atoms with Crippen LogP contribution in [0.15, 0.2) is 52.4 Å². The molecule has 0 fully saturated rings. The van der Waals surface area contributed by atoms with Crippen LogP contribution in [0.3, 0.4) is 0 Å². The Kier molecular flexibility index (Phi) is 2.20. The smallest absolute Gasteiger partial charge is 0.160 e. The number of nitrogens with zero attached hydrogens (tertiary/aromatic N) is 1. The van der Waals surface area contributed by atoms with E-state index in [-0.39, 0.29) is 0 Å². The number of hydrogen-bond donors (Lipinski definition) is 0. The largest absolute Gasteiger partial charge is 0.312 e. The Labute approximate surface area is 98.5 Å². The van der Waals surface area contributed by atoms with Crippen LogP contribution in [0.5, 0.6) is 0 Å². The minimum atomic E-state index is -2.50. The second kappa shape index (κ2) is 3.47. The van der Waals surface area contributed by atoms with Gasteiger partial charge in [0.25, 0.3) is 0 Å². The first-order valence-electron chi connectivity index (χ1n) is 5.00. The van der Waals surface area contributed by atoms with Gasteiger partial charge in [-0.1, -0.05) is 23.9 Å². The summed E-state index contributed by atoms with van der Waals surface area (Å²) in [5.74, 6) is 0. The van der Waals surface area contributed by atoms with E-state index in [1.165, 1.54) is 0 Å². The molecule has 1 aliphatic heterocycles. The van der Waals surface area contributed by atoms with Crippen LogP contribution in [0, 0.1) is 0 Å². The summed E-state index contributed by atoms with van der Waals surface area (Å²) in [4.78, 5) is 6.40. The fraction of sp³-hybridized carbons (Fsp3) is 0.0833. The van der Waals surface area contributed by atoms with Crippen LogP contribution < -0.4 is 10.7 Å². The Balaban J connectivity index is 2.33. The summed E-state index contributed by atoms with van der Waals surface area (Å²) >= 11 is 1.65. The molecule has 4 heteroatoms. The molecule has 1 atom stereocenters. The molecule has 16 heavy (non-hydrogen) atoms. The van der Waals surface area contributed by atoms with Crippen molar-refractivity contribution in [2.75, 3.05) is 6.66 Å². The highest BCUT2D eigenvalue weighted by molar-refractivity contribution is 8.02. The summed E-state index contributed by atoms with van der Waals surface area (Å²) in [6, 6.07) is 11.8. The van der Waals surface area contributed by atoms with Crippen LogP contribution in [-0.4, -0.2) is 11.6 Å². The fourth-order valence-corrected chi connectivity index (χ4v) is 5.95. The molecular weight excluding hydrogens is 237 g/mol. The molecular formula is C12H10NOPS. The molecule has 3 rings (SSSR count).